The van der Waals surface area contributed by atoms with E-state index in [1.165, 1.54) is 0 Å². The van der Waals surface area contributed by atoms with Crippen LogP contribution in [-0.4, -0.2) is 18.3 Å². The molecule has 0 spiro atoms. The Hall–Kier alpha value is -0.0800. The van der Waals surface area contributed by atoms with Crippen molar-refractivity contribution in [2.24, 2.45) is 11.7 Å². The predicted molar refractivity (Wildman–Crippen MR) is 41.3 cm³/mol. The molecule has 0 saturated carbocycles. The minimum atomic E-state index is 0.319. The number of rotatable bonds is 2. The van der Waals surface area contributed by atoms with Crippen molar-refractivity contribution in [3.63, 3.8) is 0 Å². The van der Waals surface area contributed by atoms with Crippen LogP contribution in [0, 0.1) is 5.92 Å². The lowest BCUT2D eigenvalue weighted by Gasteiger charge is -1.91. The third-order valence-electron chi connectivity index (χ3n) is 0.695. The van der Waals surface area contributed by atoms with Gasteiger partial charge in [-0.05, 0) is 18.9 Å². The van der Waals surface area contributed by atoms with Gasteiger partial charge in [0.1, 0.15) is 0 Å². The van der Waals surface area contributed by atoms with Gasteiger partial charge in [-0.15, -0.1) is 0 Å². The van der Waals surface area contributed by atoms with Crippen LogP contribution in [0.25, 0.3) is 0 Å². The molecule has 0 aliphatic rings. The van der Waals surface area contributed by atoms with Gasteiger partial charge in [0.25, 0.3) is 0 Å². The van der Waals surface area contributed by atoms with E-state index in [2.05, 4.69) is 13.8 Å². The average molecular weight is 133 g/mol. The summed E-state index contributed by atoms with van der Waals surface area (Å²) < 4.78 is 0. The Kier molecular flexibility index (Phi) is 14.0. The number of hydrogen-bond acceptors (Lipinski definition) is 2. The number of aliphatic hydroxyl groups excluding tert-OH is 1. The molecular weight excluding hydrogens is 114 g/mol. The minimum Gasteiger partial charge on any atom is -0.396 e. The molecule has 58 valence electrons. The maximum Gasteiger partial charge on any atom is 0.0428 e. The Bertz CT molecular complexity index is 35.9. The molecule has 0 amide bonds. The molecule has 0 aliphatic carbocycles. The second-order valence-electron chi connectivity index (χ2n) is 2.35. The monoisotopic (exact) mass is 133 g/mol. The maximum absolute atomic E-state index is 7.88. The highest BCUT2D eigenvalue weighted by atomic mass is 16.2. The lowest BCUT2D eigenvalue weighted by atomic mass is 10.2. The van der Waals surface area contributed by atoms with Crippen LogP contribution in [0.4, 0.5) is 0 Å². The fourth-order valence-corrected chi connectivity index (χ4v) is 0. The highest BCUT2D eigenvalue weighted by Gasteiger charge is 1.80. The second-order valence-corrected chi connectivity index (χ2v) is 2.35. The van der Waals surface area contributed by atoms with Gasteiger partial charge in [0.15, 0.2) is 0 Å². The summed E-state index contributed by atoms with van der Waals surface area (Å²) in [5, 5.41) is 7.88. The first-order valence-electron chi connectivity index (χ1n) is 3.49. The highest BCUT2D eigenvalue weighted by molar-refractivity contribution is 4.38. The van der Waals surface area contributed by atoms with Crippen molar-refractivity contribution >= 4 is 0 Å². The summed E-state index contributed by atoms with van der Waals surface area (Å²) in [5.74, 6) is 0.662. The van der Waals surface area contributed by atoms with Gasteiger partial charge in [-0.3, -0.25) is 0 Å². The number of aliphatic hydroxyl groups is 1. The topological polar surface area (TPSA) is 46.2 Å². The highest BCUT2D eigenvalue weighted by Crippen LogP contribution is 1.81. The van der Waals surface area contributed by atoms with Gasteiger partial charge in [0.2, 0.25) is 0 Å². The molecule has 2 nitrogen and oxygen atoms in total. The molecule has 0 aliphatic heterocycles. The molecule has 0 radical (unpaired) electrons. The standard InChI is InChI=1S/C4H11N.C3H8O/c1-4(2)3-5;1-2-3-4/h4H,3,5H2,1-2H3;4H,2-3H2,1H3. The molecule has 9 heavy (non-hydrogen) atoms. The van der Waals surface area contributed by atoms with Crippen LogP contribution in [0.15, 0.2) is 0 Å². The summed E-state index contributed by atoms with van der Waals surface area (Å²) in [7, 11) is 0. The summed E-state index contributed by atoms with van der Waals surface area (Å²) in [4.78, 5) is 0. The Morgan fingerprint density at radius 1 is 1.44 bits per heavy atom. The van der Waals surface area contributed by atoms with Crippen LogP contribution in [0.3, 0.4) is 0 Å². The smallest absolute Gasteiger partial charge is 0.0428 e. The predicted octanol–water partition coefficient (Wildman–Crippen LogP) is 0.990. The molecule has 0 unspecified atom stereocenters. The molecule has 0 aromatic carbocycles. The van der Waals surface area contributed by atoms with Crippen LogP contribution in [-0.2, 0) is 0 Å². The summed E-state index contributed by atoms with van der Waals surface area (Å²) in [6.45, 7) is 7.25. The van der Waals surface area contributed by atoms with Crippen molar-refractivity contribution < 1.29 is 5.11 Å². The van der Waals surface area contributed by atoms with Crippen LogP contribution in [0.5, 0.6) is 0 Å². The number of nitrogens with two attached hydrogens (primary N) is 1. The molecule has 0 bridgehead atoms. The zero-order valence-corrected chi connectivity index (χ0v) is 6.72. The number of hydrogen-bond donors (Lipinski definition) is 2. The van der Waals surface area contributed by atoms with Gasteiger partial charge in [0.05, 0.1) is 0 Å². The van der Waals surface area contributed by atoms with Gasteiger partial charge in [-0.1, -0.05) is 20.8 Å². The van der Waals surface area contributed by atoms with Crippen molar-refractivity contribution in [3.8, 4) is 0 Å². The van der Waals surface area contributed by atoms with Crippen molar-refractivity contribution in [1.82, 2.24) is 0 Å². The van der Waals surface area contributed by atoms with Gasteiger partial charge < -0.3 is 10.8 Å². The van der Waals surface area contributed by atoms with E-state index in [0.717, 1.165) is 13.0 Å². The fraction of sp³-hybridized carbons (Fsp3) is 1.00. The third kappa shape index (κ3) is 32.6. The third-order valence-corrected chi connectivity index (χ3v) is 0.695. The Balaban J connectivity index is 0. The molecule has 0 aromatic heterocycles. The Labute approximate surface area is 58.1 Å². The molecular formula is C7H19NO. The molecule has 3 N–H and O–H groups in total. The molecule has 0 rings (SSSR count). The van der Waals surface area contributed by atoms with Crippen LogP contribution >= 0.6 is 0 Å². The van der Waals surface area contributed by atoms with E-state index < -0.39 is 0 Å². The van der Waals surface area contributed by atoms with Crippen molar-refractivity contribution in [2.75, 3.05) is 13.2 Å². The maximum atomic E-state index is 7.88. The molecule has 0 fully saturated rings. The minimum absolute atomic E-state index is 0.319. The second kappa shape index (κ2) is 10.8. The SMILES string of the molecule is CC(C)CN.CCCO. The lowest BCUT2D eigenvalue weighted by molar-refractivity contribution is 0.295. The summed E-state index contributed by atoms with van der Waals surface area (Å²) >= 11 is 0. The van der Waals surface area contributed by atoms with Gasteiger partial charge in [0, 0.05) is 6.61 Å². The zero-order valence-electron chi connectivity index (χ0n) is 6.72. The lowest BCUT2D eigenvalue weighted by Crippen LogP contribution is -2.05. The first kappa shape index (κ1) is 11.7. The summed E-state index contributed by atoms with van der Waals surface area (Å²) in [6, 6.07) is 0. The first-order valence-corrected chi connectivity index (χ1v) is 3.49. The van der Waals surface area contributed by atoms with E-state index in [-0.39, 0.29) is 0 Å². The van der Waals surface area contributed by atoms with E-state index in [1.54, 1.807) is 0 Å². The van der Waals surface area contributed by atoms with E-state index in [0.29, 0.717) is 12.5 Å². The average Bonchev–Trinajstić information content (AvgIpc) is 1.89. The van der Waals surface area contributed by atoms with Gasteiger partial charge in [-0.2, -0.15) is 0 Å². The quantitative estimate of drug-likeness (QED) is 0.590. The summed E-state index contributed by atoms with van der Waals surface area (Å²) in [5.41, 5.74) is 5.17. The van der Waals surface area contributed by atoms with E-state index >= 15 is 0 Å². The Morgan fingerprint density at radius 2 is 1.67 bits per heavy atom. The van der Waals surface area contributed by atoms with Gasteiger partial charge >= 0.3 is 0 Å². The van der Waals surface area contributed by atoms with E-state index in [4.69, 9.17) is 10.8 Å². The van der Waals surface area contributed by atoms with E-state index in [9.17, 15) is 0 Å². The van der Waals surface area contributed by atoms with Crippen molar-refractivity contribution in [1.29, 1.82) is 0 Å². The van der Waals surface area contributed by atoms with Crippen molar-refractivity contribution in [3.05, 3.63) is 0 Å². The first-order chi connectivity index (χ1) is 4.18. The normalized spacial score (nSPS) is 8.67. The largest absolute Gasteiger partial charge is 0.396 e. The van der Waals surface area contributed by atoms with E-state index in [1.807, 2.05) is 6.92 Å². The van der Waals surface area contributed by atoms with Crippen molar-refractivity contribution in [2.45, 2.75) is 27.2 Å². The zero-order chi connectivity index (χ0) is 7.70. The van der Waals surface area contributed by atoms with Gasteiger partial charge in [-0.25, -0.2) is 0 Å². The van der Waals surface area contributed by atoms with Crippen LogP contribution in [0.2, 0.25) is 0 Å². The fourth-order valence-electron chi connectivity index (χ4n) is 0. The Morgan fingerprint density at radius 3 is 1.67 bits per heavy atom. The van der Waals surface area contributed by atoms with Crippen LogP contribution < -0.4 is 5.73 Å². The molecule has 0 heterocycles. The molecule has 0 saturated heterocycles. The molecule has 0 aromatic rings. The summed E-state index contributed by atoms with van der Waals surface area (Å²) in [6.07, 6.45) is 0.875. The molecule has 2 heteroatoms. The van der Waals surface area contributed by atoms with Crippen LogP contribution in [0.1, 0.15) is 27.2 Å². The molecule has 0 atom stereocenters.